The van der Waals surface area contributed by atoms with E-state index < -0.39 is 6.17 Å². The Hall–Kier alpha value is -0.110. The predicted molar refractivity (Wildman–Crippen MR) is 49.9 cm³/mol. The molecule has 1 nitrogen and oxygen atoms in total. The smallest absolute Gasteiger partial charge is 0.116 e. The molecule has 0 radical (unpaired) electrons. The first-order valence-corrected chi connectivity index (χ1v) is 4.77. The monoisotopic (exact) mass is 173 g/mol. The van der Waals surface area contributed by atoms with E-state index in [1.807, 2.05) is 0 Å². The van der Waals surface area contributed by atoms with Crippen molar-refractivity contribution in [1.29, 1.82) is 0 Å². The molecule has 1 rings (SSSR count). The number of alkyl halides is 1. The van der Waals surface area contributed by atoms with Crippen LogP contribution in [0.4, 0.5) is 4.39 Å². The lowest BCUT2D eigenvalue weighted by Gasteiger charge is -2.41. The van der Waals surface area contributed by atoms with Crippen molar-refractivity contribution in [2.24, 2.45) is 17.3 Å². The Morgan fingerprint density at radius 2 is 1.83 bits per heavy atom. The summed E-state index contributed by atoms with van der Waals surface area (Å²) in [6.07, 6.45) is -0.672. The maximum atomic E-state index is 13.5. The second kappa shape index (κ2) is 3.33. The summed E-state index contributed by atoms with van der Waals surface area (Å²) in [7, 11) is 0. The average molecular weight is 173 g/mol. The molecule has 0 aromatic rings. The molecule has 0 aromatic carbocycles. The standard InChI is InChI=1S/C10H20FN/c1-7-5-12-6-8(11)9(7)10(2,3)4/h7-9,12H,5-6H2,1-4H3. The fourth-order valence-electron chi connectivity index (χ4n) is 2.46. The molecule has 3 unspecified atom stereocenters. The quantitative estimate of drug-likeness (QED) is 0.592. The summed E-state index contributed by atoms with van der Waals surface area (Å²) in [5, 5.41) is 3.11. The van der Waals surface area contributed by atoms with Crippen molar-refractivity contribution in [3.05, 3.63) is 0 Å². The fourth-order valence-corrected chi connectivity index (χ4v) is 2.46. The predicted octanol–water partition coefficient (Wildman–Crippen LogP) is 2.23. The van der Waals surface area contributed by atoms with Crippen LogP contribution in [-0.2, 0) is 0 Å². The molecule has 1 N–H and O–H groups in total. The number of hydrogen-bond acceptors (Lipinski definition) is 1. The lowest BCUT2D eigenvalue weighted by atomic mass is 9.69. The zero-order valence-electron chi connectivity index (χ0n) is 8.52. The third-order valence-corrected chi connectivity index (χ3v) is 2.81. The van der Waals surface area contributed by atoms with E-state index in [9.17, 15) is 4.39 Å². The minimum absolute atomic E-state index is 0.0981. The number of nitrogens with one attached hydrogen (secondary N) is 1. The first-order valence-electron chi connectivity index (χ1n) is 4.77. The zero-order valence-corrected chi connectivity index (χ0v) is 8.52. The molecule has 12 heavy (non-hydrogen) atoms. The van der Waals surface area contributed by atoms with Gasteiger partial charge in [0.15, 0.2) is 0 Å². The molecule has 1 heterocycles. The minimum Gasteiger partial charge on any atom is -0.314 e. The highest BCUT2D eigenvalue weighted by atomic mass is 19.1. The third kappa shape index (κ3) is 1.98. The summed E-state index contributed by atoms with van der Waals surface area (Å²) < 4.78 is 13.5. The largest absolute Gasteiger partial charge is 0.314 e. The summed E-state index contributed by atoms with van der Waals surface area (Å²) in [5.74, 6) is 0.660. The van der Waals surface area contributed by atoms with Gasteiger partial charge in [-0.05, 0) is 23.8 Å². The zero-order chi connectivity index (χ0) is 9.35. The molecule has 0 aliphatic carbocycles. The highest BCUT2D eigenvalue weighted by Gasteiger charge is 2.38. The van der Waals surface area contributed by atoms with Gasteiger partial charge in [0.25, 0.3) is 0 Å². The molecule has 1 saturated heterocycles. The van der Waals surface area contributed by atoms with Crippen molar-refractivity contribution in [1.82, 2.24) is 5.32 Å². The molecule has 0 aromatic heterocycles. The van der Waals surface area contributed by atoms with E-state index in [0.717, 1.165) is 6.54 Å². The molecule has 1 fully saturated rings. The normalized spacial score (nSPS) is 38.2. The fraction of sp³-hybridized carbons (Fsp3) is 1.00. The summed E-state index contributed by atoms with van der Waals surface area (Å²) in [6, 6.07) is 0. The van der Waals surface area contributed by atoms with E-state index in [-0.39, 0.29) is 11.3 Å². The van der Waals surface area contributed by atoms with Crippen LogP contribution in [-0.4, -0.2) is 19.3 Å². The second-order valence-corrected chi connectivity index (χ2v) is 5.04. The Labute approximate surface area is 74.7 Å². The van der Waals surface area contributed by atoms with E-state index >= 15 is 0 Å². The van der Waals surface area contributed by atoms with Gasteiger partial charge in [-0.25, -0.2) is 4.39 Å². The molecule has 1 aliphatic heterocycles. The summed E-state index contributed by atoms with van der Waals surface area (Å²) in [5.41, 5.74) is 0.0981. The van der Waals surface area contributed by atoms with Gasteiger partial charge in [0, 0.05) is 6.54 Å². The van der Waals surface area contributed by atoms with Gasteiger partial charge < -0.3 is 5.32 Å². The van der Waals surface area contributed by atoms with Crippen LogP contribution in [0.5, 0.6) is 0 Å². The Bertz CT molecular complexity index is 140. The first kappa shape index (κ1) is 9.97. The van der Waals surface area contributed by atoms with Gasteiger partial charge >= 0.3 is 0 Å². The van der Waals surface area contributed by atoms with E-state index in [1.165, 1.54) is 0 Å². The minimum atomic E-state index is -0.672. The topological polar surface area (TPSA) is 12.0 Å². The third-order valence-electron chi connectivity index (χ3n) is 2.81. The van der Waals surface area contributed by atoms with Crippen molar-refractivity contribution in [3.8, 4) is 0 Å². The SMILES string of the molecule is CC1CNCC(F)C1C(C)(C)C. The van der Waals surface area contributed by atoms with Crippen molar-refractivity contribution >= 4 is 0 Å². The van der Waals surface area contributed by atoms with Crippen LogP contribution in [0.25, 0.3) is 0 Å². The van der Waals surface area contributed by atoms with E-state index in [0.29, 0.717) is 12.5 Å². The highest BCUT2D eigenvalue weighted by molar-refractivity contribution is 4.89. The van der Waals surface area contributed by atoms with Gasteiger partial charge in [0.2, 0.25) is 0 Å². The van der Waals surface area contributed by atoms with Crippen molar-refractivity contribution in [3.63, 3.8) is 0 Å². The maximum absolute atomic E-state index is 13.5. The van der Waals surface area contributed by atoms with Crippen LogP contribution >= 0.6 is 0 Å². The molecule has 2 heteroatoms. The van der Waals surface area contributed by atoms with Gasteiger partial charge in [-0.1, -0.05) is 27.7 Å². The van der Waals surface area contributed by atoms with E-state index in [2.05, 4.69) is 33.0 Å². The molecule has 0 saturated carbocycles. The first-order chi connectivity index (χ1) is 5.43. The molecular weight excluding hydrogens is 153 g/mol. The molecule has 72 valence electrons. The van der Waals surface area contributed by atoms with Gasteiger partial charge in [-0.3, -0.25) is 0 Å². The summed E-state index contributed by atoms with van der Waals surface area (Å²) in [6.45, 7) is 10.0. The molecule has 1 aliphatic rings. The number of hydrogen-bond donors (Lipinski definition) is 1. The Morgan fingerprint density at radius 1 is 1.25 bits per heavy atom. The van der Waals surface area contributed by atoms with Gasteiger partial charge in [0.1, 0.15) is 6.17 Å². The summed E-state index contributed by atoms with van der Waals surface area (Å²) >= 11 is 0. The van der Waals surface area contributed by atoms with Crippen LogP contribution in [0.3, 0.4) is 0 Å². The second-order valence-electron chi connectivity index (χ2n) is 5.04. The Morgan fingerprint density at radius 3 is 2.17 bits per heavy atom. The number of rotatable bonds is 0. The highest BCUT2D eigenvalue weighted by Crippen LogP contribution is 2.37. The van der Waals surface area contributed by atoms with Crippen LogP contribution in [0.2, 0.25) is 0 Å². The Kier molecular flexibility index (Phi) is 2.77. The maximum Gasteiger partial charge on any atom is 0.116 e. The van der Waals surface area contributed by atoms with Crippen LogP contribution < -0.4 is 5.32 Å². The van der Waals surface area contributed by atoms with Gasteiger partial charge in [-0.15, -0.1) is 0 Å². The molecule has 0 spiro atoms. The van der Waals surface area contributed by atoms with E-state index in [4.69, 9.17) is 0 Å². The lowest BCUT2D eigenvalue weighted by Crippen LogP contribution is -2.48. The molecule has 0 bridgehead atoms. The van der Waals surface area contributed by atoms with Gasteiger partial charge in [-0.2, -0.15) is 0 Å². The molecular formula is C10H20FN. The van der Waals surface area contributed by atoms with Gasteiger partial charge in [0.05, 0.1) is 0 Å². The van der Waals surface area contributed by atoms with Crippen molar-refractivity contribution < 1.29 is 4.39 Å². The summed E-state index contributed by atoms with van der Waals surface area (Å²) in [4.78, 5) is 0. The average Bonchev–Trinajstić information content (AvgIpc) is 1.82. The number of piperidine rings is 1. The number of halogens is 1. The van der Waals surface area contributed by atoms with Crippen LogP contribution in [0, 0.1) is 17.3 Å². The van der Waals surface area contributed by atoms with Crippen molar-refractivity contribution in [2.75, 3.05) is 13.1 Å². The molecule has 0 amide bonds. The Balaban J connectivity index is 2.69. The van der Waals surface area contributed by atoms with Crippen molar-refractivity contribution in [2.45, 2.75) is 33.9 Å². The van der Waals surface area contributed by atoms with E-state index in [1.54, 1.807) is 0 Å². The van der Waals surface area contributed by atoms with Crippen LogP contribution in [0.15, 0.2) is 0 Å². The molecule has 3 atom stereocenters. The van der Waals surface area contributed by atoms with Crippen LogP contribution in [0.1, 0.15) is 27.7 Å². The lowest BCUT2D eigenvalue weighted by molar-refractivity contribution is 0.0420.